The fraction of sp³-hybridized carbons (Fsp3) is 0.647. The minimum atomic E-state index is 0.701. The fourth-order valence-corrected chi connectivity index (χ4v) is 2.31. The molecule has 1 aromatic carbocycles. The van der Waals surface area contributed by atoms with Gasteiger partial charge in [-0.25, -0.2) is 0 Å². The maximum Gasteiger partial charge on any atom is 0.203 e. The standard InChI is InChI=1S/C17H27NO3/c1-19-15-8-7-9-16(20-2)17(15)21-13-6-4-3-5-12-18-14-10-11-14/h7-9,14,18H,3-6,10-13H2,1-2H3. The highest BCUT2D eigenvalue weighted by Gasteiger charge is 2.19. The highest BCUT2D eigenvalue weighted by atomic mass is 16.5. The van der Waals surface area contributed by atoms with Gasteiger partial charge in [-0.15, -0.1) is 0 Å². The van der Waals surface area contributed by atoms with Crippen molar-refractivity contribution in [3.63, 3.8) is 0 Å². The lowest BCUT2D eigenvalue weighted by Crippen LogP contribution is -2.17. The van der Waals surface area contributed by atoms with Crippen LogP contribution >= 0.6 is 0 Å². The number of nitrogens with one attached hydrogen (secondary N) is 1. The summed E-state index contributed by atoms with van der Waals surface area (Å²) in [5.41, 5.74) is 0. The van der Waals surface area contributed by atoms with Gasteiger partial charge in [-0.3, -0.25) is 0 Å². The first kappa shape index (κ1) is 16.0. The lowest BCUT2D eigenvalue weighted by molar-refractivity contribution is 0.267. The molecule has 0 aliphatic heterocycles. The lowest BCUT2D eigenvalue weighted by Gasteiger charge is -2.14. The molecule has 0 amide bonds. The van der Waals surface area contributed by atoms with Crippen molar-refractivity contribution < 1.29 is 14.2 Å². The first-order chi connectivity index (χ1) is 10.3. The van der Waals surface area contributed by atoms with Crippen molar-refractivity contribution in [1.82, 2.24) is 5.32 Å². The van der Waals surface area contributed by atoms with Gasteiger partial charge in [-0.05, 0) is 44.4 Å². The molecule has 4 heteroatoms. The van der Waals surface area contributed by atoms with Gasteiger partial charge in [0.05, 0.1) is 20.8 Å². The van der Waals surface area contributed by atoms with Crippen LogP contribution in [-0.2, 0) is 0 Å². The van der Waals surface area contributed by atoms with E-state index in [1.165, 1.54) is 32.1 Å². The summed E-state index contributed by atoms with van der Waals surface area (Å²) in [5, 5.41) is 3.54. The Bertz CT molecular complexity index is 396. The summed E-state index contributed by atoms with van der Waals surface area (Å²) in [4.78, 5) is 0. The predicted octanol–water partition coefficient (Wildman–Crippen LogP) is 3.40. The molecule has 0 aromatic heterocycles. The van der Waals surface area contributed by atoms with Crippen LogP contribution in [0.15, 0.2) is 18.2 Å². The fourth-order valence-electron chi connectivity index (χ4n) is 2.31. The molecule has 118 valence electrons. The number of methoxy groups -OCH3 is 2. The molecule has 1 fully saturated rings. The third-order valence-corrected chi connectivity index (χ3v) is 3.71. The van der Waals surface area contributed by atoms with Crippen LogP contribution in [0.1, 0.15) is 38.5 Å². The van der Waals surface area contributed by atoms with E-state index in [-0.39, 0.29) is 0 Å². The van der Waals surface area contributed by atoms with Gasteiger partial charge < -0.3 is 19.5 Å². The van der Waals surface area contributed by atoms with Gasteiger partial charge >= 0.3 is 0 Å². The first-order valence-corrected chi connectivity index (χ1v) is 7.92. The van der Waals surface area contributed by atoms with E-state index in [1.54, 1.807) is 14.2 Å². The maximum atomic E-state index is 5.84. The SMILES string of the molecule is COc1cccc(OC)c1OCCCCCCNC1CC1. The zero-order valence-corrected chi connectivity index (χ0v) is 13.2. The summed E-state index contributed by atoms with van der Waals surface area (Å²) < 4.78 is 16.5. The Morgan fingerprint density at radius 2 is 1.67 bits per heavy atom. The molecule has 1 saturated carbocycles. The number of ether oxygens (including phenoxy) is 3. The van der Waals surface area contributed by atoms with Crippen LogP contribution in [0.2, 0.25) is 0 Å². The van der Waals surface area contributed by atoms with Crippen molar-refractivity contribution in [3.05, 3.63) is 18.2 Å². The van der Waals surface area contributed by atoms with Crippen LogP contribution in [0.4, 0.5) is 0 Å². The average Bonchev–Trinajstić information content (AvgIpc) is 3.34. The van der Waals surface area contributed by atoms with Crippen LogP contribution in [0, 0.1) is 0 Å². The predicted molar refractivity (Wildman–Crippen MR) is 84.5 cm³/mol. The lowest BCUT2D eigenvalue weighted by atomic mass is 10.2. The van der Waals surface area contributed by atoms with E-state index in [0.717, 1.165) is 30.5 Å². The van der Waals surface area contributed by atoms with Crippen LogP contribution < -0.4 is 19.5 Å². The van der Waals surface area contributed by atoms with E-state index in [0.29, 0.717) is 12.4 Å². The van der Waals surface area contributed by atoms with Gasteiger partial charge in [-0.1, -0.05) is 18.9 Å². The molecule has 1 aromatic rings. The van der Waals surface area contributed by atoms with Gasteiger partial charge in [0.25, 0.3) is 0 Å². The number of benzene rings is 1. The Morgan fingerprint density at radius 3 is 2.29 bits per heavy atom. The molecule has 2 rings (SSSR count). The maximum absolute atomic E-state index is 5.84. The van der Waals surface area contributed by atoms with E-state index in [2.05, 4.69) is 5.32 Å². The van der Waals surface area contributed by atoms with Gasteiger partial charge in [0.2, 0.25) is 5.75 Å². The van der Waals surface area contributed by atoms with Crippen molar-refractivity contribution in [3.8, 4) is 17.2 Å². The molecule has 0 atom stereocenters. The molecule has 1 N–H and O–H groups in total. The van der Waals surface area contributed by atoms with Gasteiger partial charge in [0, 0.05) is 6.04 Å². The summed E-state index contributed by atoms with van der Waals surface area (Å²) in [6, 6.07) is 6.51. The van der Waals surface area contributed by atoms with E-state index in [4.69, 9.17) is 14.2 Å². The normalized spacial score (nSPS) is 14.0. The second-order valence-electron chi connectivity index (χ2n) is 5.48. The third kappa shape index (κ3) is 5.46. The largest absolute Gasteiger partial charge is 0.493 e. The molecule has 4 nitrogen and oxygen atoms in total. The molecular formula is C17H27NO3. The highest BCUT2D eigenvalue weighted by Crippen LogP contribution is 2.36. The van der Waals surface area contributed by atoms with E-state index in [1.807, 2.05) is 18.2 Å². The summed E-state index contributed by atoms with van der Waals surface area (Å²) in [7, 11) is 3.29. The Morgan fingerprint density at radius 1 is 1.00 bits per heavy atom. The smallest absolute Gasteiger partial charge is 0.203 e. The Hall–Kier alpha value is -1.42. The minimum Gasteiger partial charge on any atom is -0.493 e. The number of unbranched alkanes of at least 4 members (excludes halogenated alkanes) is 3. The zero-order chi connectivity index (χ0) is 14.9. The summed E-state index contributed by atoms with van der Waals surface area (Å²) in [6.07, 6.45) is 7.51. The van der Waals surface area contributed by atoms with Crippen LogP contribution in [0.3, 0.4) is 0 Å². The number of hydrogen-bond acceptors (Lipinski definition) is 4. The average molecular weight is 293 g/mol. The van der Waals surface area contributed by atoms with Crippen molar-refractivity contribution >= 4 is 0 Å². The topological polar surface area (TPSA) is 39.7 Å². The van der Waals surface area contributed by atoms with Crippen molar-refractivity contribution in [2.24, 2.45) is 0 Å². The summed E-state index contributed by atoms with van der Waals surface area (Å²) in [5.74, 6) is 2.16. The highest BCUT2D eigenvalue weighted by molar-refractivity contribution is 5.51. The first-order valence-electron chi connectivity index (χ1n) is 7.92. The molecule has 0 bridgehead atoms. The minimum absolute atomic E-state index is 0.701. The molecule has 1 aliphatic rings. The molecule has 0 saturated heterocycles. The molecule has 0 radical (unpaired) electrons. The monoisotopic (exact) mass is 293 g/mol. The van der Waals surface area contributed by atoms with E-state index in [9.17, 15) is 0 Å². The summed E-state index contributed by atoms with van der Waals surface area (Å²) >= 11 is 0. The van der Waals surface area contributed by atoms with Crippen LogP contribution in [-0.4, -0.2) is 33.4 Å². The Labute approximate surface area is 127 Å². The quantitative estimate of drug-likeness (QED) is 0.635. The second kappa shape index (κ2) is 8.78. The molecule has 0 unspecified atom stereocenters. The van der Waals surface area contributed by atoms with E-state index >= 15 is 0 Å². The summed E-state index contributed by atoms with van der Waals surface area (Å²) in [6.45, 7) is 1.86. The Balaban J connectivity index is 1.61. The van der Waals surface area contributed by atoms with Crippen molar-refractivity contribution in [2.45, 2.75) is 44.6 Å². The number of para-hydroxylation sites is 1. The molecular weight excluding hydrogens is 266 g/mol. The zero-order valence-electron chi connectivity index (χ0n) is 13.2. The van der Waals surface area contributed by atoms with Gasteiger partial charge in [0.1, 0.15) is 0 Å². The second-order valence-corrected chi connectivity index (χ2v) is 5.48. The molecule has 21 heavy (non-hydrogen) atoms. The van der Waals surface area contributed by atoms with Gasteiger partial charge in [-0.2, -0.15) is 0 Å². The van der Waals surface area contributed by atoms with Crippen LogP contribution in [0.5, 0.6) is 17.2 Å². The van der Waals surface area contributed by atoms with Gasteiger partial charge in [0.15, 0.2) is 11.5 Å². The molecule has 0 heterocycles. The van der Waals surface area contributed by atoms with Crippen molar-refractivity contribution in [2.75, 3.05) is 27.4 Å². The van der Waals surface area contributed by atoms with Crippen molar-refractivity contribution in [1.29, 1.82) is 0 Å². The Kier molecular flexibility index (Phi) is 6.67. The number of rotatable bonds is 11. The van der Waals surface area contributed by atoms with Crippen LogP contribution in [0.25, 0.3) is 0 Å². The third-order valence-electron chi connectivity index (χ3n) is 3.71. The van der Waals surface area contributed by atoms with E-state index < -0.39 is 0 Å². The molecule has 0 spiro atoms. The number of hydrogen-bond donors (Lipinski definition) is 1. The molecule has 1 aliphatic carbocycles.